The van der Waals surface area contributed by atoms with Crippen molar-refractivity contribution in [3.05, 3.63) is 296 Å². The summed E-state index contributed by atoms with van der Waals surface area (Å²) in [5.74, 6) is 0. The van der Waals surface area contributed by atoms with E-state index in [2.05, 4.69) is 336 Å². The van der Waals surface area contributed by atoms with Crippen LogP contribution in [0.3, 0.4) is 0 Å². The lowest BCUT2D eigenvalue weighted by molar-refractivity contribution is 0.590. The van der Waals surface area contributed by atoms with Crippen LogP contribution in [0.5, 0.6) is 0 Å². The van der Waals surface area contributed by atoms with Gasteiger partial charge < -0.3 is 9.47 Å². The van der Waals surface area contributed by atoms with Crippen LogP contribution in [0.2, 0.25) is 0 Å². The molecular weight excluding hydrogens is 1130 g/mol. The summed E-state index contributed by atoms with van der Waals surface area (Å²) in [6.07, 6.45) is 0. The predicted octanol–water partition coefficient (Wildman–Crippen LogP) is 22.7. The van der Waals surface area contributed by atoms with E-state index >= 15 is 0 Å². The van der Waals surface area contributed by atoms with Gasteiger partial charge in [0.15, 0.2) is 0 Å². The topological polar surface area (TPSA) is 8.17 Å². The van der Waals surface area contributed by atoms with E-state index in [0.717, 1.165) is 11.3 Å². The number of nitrogens with zero attached hydrogens (tertiary/aromatic N) is 2. The molecule has 0 unspecified atom stereocenters. The zero-order valence-electron chi connectivity index (χ0n) is 52.5. The average molecular weight is 1190 g/mol. The second kappa shape index (κ2) is 20.5. The molecule has 2 aliphatic rings. The van der Waals surface area contributed by atoms with E-state index in [1.54, 1.807) is 0 Å². The van der Waals surface area contributed by atoms with Crippen LogP contribution in [0.4, 0.5) is 17.1 Å². The molecule has 0 bridgehead atoms. The van der Waals surface area contributed by atoms with E-state index in [1.807, 2.05) is 11.3 Å². The molecule has 0 atom stereocenters. The van der Waals surface area contributed by atoms with E-state index in [-0.39, 0.29) is 17.5 Å². The maximum absolute atomic E-state index is 2.73. The van der Waals surface area contributed by atoms with Crippen LogP contribution in [0, 0.1) is 0 Å². The Morgan fingerprint density at radius 2 is 0.826 bits per heavy atom. The van der Waals surface area contributed by atoms with Gasteiger partial charge in [-0.2, -0.15) is 0 Å². The lowest BCUT2D eigenvalue weighted by Gasteiger charge is -2.40. The molecule has 0 aliphatic carbocycles. The number of hydrogen-bond donors (Lipinski definition) is 0. The van der Waals surface area contributed by atoms with Gasteiger partial charge in [-0.3, -0.25) is 0 Å². The molecule has 92 heavy (non-hydrogen) atoms. The van der Waals surface area contributed by atoms with Crippen molar-refractivity contribution in [2.75, 3.05) is 4.90 Å². The van der Waals surface area contributed by atoms with E-state index < -0.39 is 0 Å². The Hall–Kier alpha value is -10.5. The van der Waals surface area contributed by atoms with Gasteiger partial charge in [0.05, 0.1) is 22.4 Å². The molecule has 14 aromatic carbocycles. The summed E-state index contributed by atoms with van der Waals surface area (Å²) in [6.45, 7) is 14.0. The Morgan fingerprint density at radius 3 is 1.45 bits per heavy atom. The molecule has 2 aromatic heterocycles. The quantitative estimate of drug-likeness (QED) is 0.114. The van der Waals surface area contributed by atoms with Crippen molar-refractivity contribution in [2.24, 2.45) is 0 Å². The lowest BCUT2D eigenvalue weighted by Crippen LogP contribution is -2.59. The molecule has 4 heterocycles. The molecule has 16 aromatic rings. The van der Waals surface area contributed by atoms with Crippen molar-refractivity contribution >= 4 is 115 Å². The summed E-state index contributed by atoms with van der Waals surface area (Å²) in [6, 6.07) is 108. The number of thiophene rings is 1. The Morgan fingerprint density at radius 1 is 0.326 bits per heavy atom. The molecule has 0 amide bonds. The molecule has 2 aliphatic heterocycles. The van der Waals surface area contributed by atoms with Crippen molar-refractivity contribution in [3.63, 3.8) is 0 Å². The highest BCUT2D eigenvalue weighted by Gasteiger charge is 2.46. The fraction of sp³-hybridized carbons (Fsp3) is 0.0909. The second-order valence-electron chi connectivity index (χ2n) is 27.5. The minimum absolute atomic E-state index is 0.0973. The first kappa shape index (κ1) is 54.4. The van der Waals surface area contributed by atoms with Gasteiger partial charge in [-0.05, 0) is 170 Å². The summed E-state index contributed by atoms with van der Waals surface area (Å²) in [7, 11) is 0. The SMILES string of the molecule is CC(C)(C)c1ccc(N2c3cc(-c4c(-c5ccccc5)cccc4-c4ccccc4)cc4c3B(c3sc5ccc(C(C)(C)C)cc5c32)c2cc3c5ccccc5c5ccccc5c3c3c5cc(-c6ccccc6-c6ccccc6)ccc5n-4c23)c(-c2ccccc2)c1. The van der Waals surface area contributed by atoms with Crippen molar-refractivity contribution in [2.45, 2.75) is 52.4 Å². The van der Waals surface area contributed by atoms with Crippen LogP contribution in [0.1, 0.15) is 52.7 Å². The lowest BCUT2D eigenvalue weighted by atomic mass is 9.36. The Bertz CT molecular complexity index is 5650. The number of rotatable bonds is 7. The maximum Gasteiger partial charge on any atom is 0.264 e. The van der Waals surface area contributed by atoms with Gasteiger partial charge in [0.2, 0.25) is 0 Å². The molecular formula is C88H65BN2S. The smallest absolute Gasteiger partial charge is 0.264 e. The fourth-order valence-electron chi connectivity index (χ4n) is 15.7. The van der Waals surface area contributed by atoms with Crippen LogP contribution < -0.4 is 20.6 Å². The largest absolute Gasteiger partial charge is 0.310 e. The molecule has 0 fully saturated rings. The Labute approximate surface area is 542 Å². The van der Waals surface area contributed by atoms with Crippen molar-refractivity contribution in [3.8, 4) is 72.4 Å². The van der Waals surface area contributed by atoms with Gasteiger partial charge in [0, 0.05) is 48.0 Å². The number of fused-ring (bicyclic) bond motifs is 16. The number of anilines is 3. The van der Waals surface area contributed by atoms with Crippen molar-refractivity contribution in [1.82, 2.24) is 4.57 Å². The first-order chi connectivity index (χ1) is 44.9. The van der Waals surface area contributed by atoms with Crippen molar-refractivity contribution < 1.29 is 0 Å². The minimum atomic E-state index is -0.144. The van der Waals surface area contributed by atoms with Crippen LogP contribution in [0.15, 0.2) is 285 Å². The summed E-state index contributed by atoms with van der Waals surface area (Å²) in [5.41, 5.74) is 26.7. The van der Waals surface area contributed by atoms with E-state index in [1.165, 1.54) is 169 Å². The van der Waals surface area contributed by atoms with Gasteiger partial charge in [-0.15, -0.1) is 11.3 Å². The summed E-state index contributed by atoms with van der Waals surface area (Å²) < 4.78 is 5.37. The predicted molar refractivity (Wildman–Crippen MR) is 398 cm³/mol. The zero-order chi connectivity index (χ0) is 61.7. The minimum Gasteiger partial charge on any atom is -0.310 e. The van der Waals surface area contributed by atoms with Crippen LogP contribution >= 0.6 is 11.3 Å². The molecule has 18 rings (SSSR count). The van der Waals surface area contributed by atoms with E-state index in [0.29, 0.717) is 0 Å². The van der Waals surface area contributed by atoms with Gasteiger partial charge in [-0.25, -0.2) is 0 Å². The summed E-state index contributed by atoms with van der Waals surface area (Å²) in [4.78, 5) is 2.73. The molecule has 0 radical (unpaired) electrons. The summed E-state index contributed by atoms with van der Waals surface area (Å²) in [5, 5.41) is 11.5. The monoisotopic (exact) mass is 1190 g/mol. The maximum atomic E-state index is 2.73. The number of hydrogen-bond acceptors (Lipinski definition) is 2. The molecule has 4 heteroatoms. The highest BCUT2D eigenvalue weighted by Crippen LogP contribution is 2.54. The normalized spacial score (nSPS) is 12.8. The van der Waals surface area contributed by atoms with Crippen LogP contribution in [0.25, 0.3) is 137 Å². The fourth-order valence-corrected chi connectivity index (χ4v) is 17.0. The third kappa shape index (κ3) is 8.26. The molecule has 0 saturated heterocycles. The summed E-state index contributed by atoms with van der Waals surface area (Å²) >= 11 is 1.99. The third-order valence-electron chi connectivity index (χ3n) is 20.1. The Kier molecular flexibility index (Phi) is 12.1. The van der Waals surface area contributed by atoms with Crippen LogP contribution in [-0.4, -0.2) is 11.3 Å². The molecule has 436 valence electrons. The molecule has 0 spiro atoms. The van der Waals surface area contributed by atoms with Gasteiger partial charge in [0.1, 0.15) is 0 Å². The molecule has 0 saturated carbocycles. The Balaban J connectivity index is 1.07. The second-order valence-corrected chi connectivity index (χ2v) is 28.5. The standard InChI is InChI=1S/C88H65BN2S/c1-87(2,3)60-43-46-75(70(51-60)57-32-17-10-18-33-57)90-77-49-59(80-64(55-28-13-8-14-29-55)40-25-41-65(80)56-30-15-9-16-31-56)50-78-83(77)89(86-84(90)73-52-61(88(4,5)6)44-47-79(73)92-86)74-53-71-68-38-22-21-36-66(68)67-37-23-24-39-69(67)81(71)82-72-48-58(42-45-76(72)91(78)85(74)82)63-35-20-19-34-62(63)54-26-11-7-12-27-54/h7-53H,1-6H3. The first-order valence-corrected chi connectivity index (χ1v) is 33.2. The van der Waals surface area contributed by atoms with E-state index in [4.69, 9.17) is 0 Å². The van der Waals surface area contributed by atoms with Crippen LogP contribution in [-0.2, 0) is 10.8 Å². The van der Waals surface area contributed by atoms with Crippen molar-refractivity contribution in [1.29, 1.82) is 0 Å². The zero-order valence-corrected chi connectivity index (χ0v) is 53.3. The van der Waals surface area contributed by atoms with Gasteiger partial charge in [-0.1, -0.05) is 278 Å². The number of benzene rings is 14. The first-order valence-electron chi connectivity index (χ1n) is 32.4. The third-order valence-corrected chi connectivity index (χ3v) is 21.3. The molecule has 2 nitrogen and oxygen atoms in total. The highest BCUT2D eigenvalue weighted by molar-refractivity contribution is 7.33. The average Bonchev–Trinajstić information content (AvgIpc) is 1.43. The van der Waals surface area contributed by atoms with E-state index in [9.17, 15) is 0 Å². The van der Waals surface area contributed by atoms with Gasteiger partial charge in [0.25, 0.3) is 6.71 Å². The van der Waals surface area contributed by atoms with Gasteiger partial charge >= 0.3 is 0 Å². The number of aromatic nitrogens is 1. The molecule has 0 N–H and O–H groups in total. The highest BCUT2D eigenvalue weighted by atomic mass is 32.1.